The van der Waals surface area contributed by atoms with E-state index in [0.717, 1.165) is 19.3 Å². The topological polar surface area (TPSA) is 113 Å². The van der Waals surface area contributed by atoms with Gasteiger partial charge in [0.1, 0.15) is 5.41 Å². The van der Waals surface area contributed by atoms with E-state index in [-0.39, 0.29) is 17.9 Å². The zero-order chi connectivity index (χ0) is 20.2. The minimum atomic E-state index is -1.32. The Kier molecular flexibility index (Phi) is 7.22. The minimum absolute atomic E-state index is 0.0467. The van der Waals surface area contributed by atoms with Crippen molar-refractivity contribution >= 4 is 17.7 Å². The molecule has 0 aliphatic carbocycles. The number of carbonyl (C=O) groups is 3. The van der Waals surface area contributed by atoms with Crippen LogP contribution in [0.1, 0.15) is 66.7 Å². The fraction of sp³-hybridized carbons (Fsp3) is 0.842. The van der Waals surface area contributed by atoms with Crippen LogP contribution in [0.15, 0.2) is 0 Å². The molecular weight excluding hydrogens is 334 g/mol. The van der Waals surface area contributed by atoms with Crippen LogP contribution in [-0.2, 0) is 14.4 Å². The molecule has 0 bridgehead atoms. The van der Waals surface area contributed by atoms with Gasteiger partial charge in [0.25, 0.3) is 0 Å². The van der Waals surface area contributed by atoms with E-state index in [1.54, 1.807) is 0 Å². The molecule has 150 valence electrons. The predicted octanol–water partition coefficient (Wildman–Crippen LogP) is 1.18. The van der Waals surface area contributed by atoms with Crippen molar-refractivity contribution in [2.75, 3.05) is 19.6 Å². The number of hydrogen-bond donors (Lipinski definition) is 3. The summed E-state index contributed by atoms with van der Waals surface area (Å²) in [5.41, 5.74) is 2.51. The van der Waals surface area contributed by atoms with Gasteiger partial charge < -0.3 is 21.1 Å². The van der Waals surface area contributed by atoms with Crippen LogP contribution >= 0.6 is 0 Å². The first kappa shape index (κ1) is 22.4. The van der Waals surface area contributed by atoms with Crippen molar-refractivity contribution in [2.45, 2.75) is 72.3 Å². The fourth-order valence-electron chi connectivity index (χ4n) is 3.42. The molecule has 1 heterocycles. The molecular formula is C19H35N3O4. The maximum absolute atomic E-state index is 12.9. The van der Waals surface area contributed by atoms with Crippen molar-refractivity contribution in [1.29, 1.82) is 0 Å². The normalized spacial score (nSPS) is 17.7. The summed E-state index contributed by atoms with van der Waals surface area (Å²) in [6.07, 6.45) is 3.19. The highest BCUT2D eigenvalue weighted by Crippen LogP contribution is 2.34. The Labute approximate surface area is 156 Å². The second-order valence-electron chi connectivity index (χ2n) is 8.03. The summed E-state index contributed by atoms with van der Waals surface area (Å²) in [4.78, 5) is 38.2. The maximum atomic E-state index is 12.9. The third-order valence-corrected chi connectivity index (χ3v) is 6.23. The molecule has 0 aromatic carbocycles. The molecule has 1 aliphatic heterocycles. The van der Waals surface area contributed by atoms with Crippen LogP contribution in [-0.4, -0.2) is 53.0 Å². The number of nitrogens with two attached hydrogens (primary N) is 1. The Bertz CT molecular complexity index is 525. The van der Waals surface area contributed by atoms with Gasteiger partial charge in [0.05, 0.1) is 5.60 Å². The van der Waals surface area contributed by atoms with Gasteiger partial charge in [0, 0.05) is 25.0 Å². The number of nitrogens with one attached hydrogen (secondary N) is 1. The van der Waals surface area contributed by atoms with Gasteiger partial charge in [-0.25, -0.2) is 0 Å². The molecule has 26 heavy (non-hydrogen) atoms. The lowest BCUT2D eigenvalue weighted by Crippen LogP contribution is -2.56. The third kappa shape index (κ3) is 4.55. The fourth-order valence-corrected chi connectivity index (χ4v) is 3.42. The molecule has 0 aromatic rings. The summed E-state index contributed by atoms with van der Waals surface area (Å²) in [6.45, 7) is 10.0. The standard InChI is InChI=1S/C19H35N3O4/c1-6-18(7-2,8-3)16(25)22-11-9-19(26,10-12-22)13-21-15(24)17(4,5)14(20)23/h26H,6-13H2,1-5H3,(H2,20,23)(H,21,24). The van der Waals surface area contributed by atoms with Gasteiger partial charge >= 0.3 is 0 Å². The zero-order valence-corrected chi connectivity index (χ0v) is 16.9. The predicted molar refractivity (Wildman–Crippen MR) is 100 cm³/mol. The van der Waals surface area contributed by atoms with Crippen LogP contribution in [0.25, 0.3) is 0 Å². The first-order valence-electron chi connectivity index (χ1n) is 9.58. The first-order valence-corrected chi connectivity index (χ1v) is 9.58. The second-order valence-corrected chi connectivity index (χ2v) is 8.03. The highest BCUT2D eigenvalue weighted by atomic mass is 16.3. The highest BCUT2D eigenvalue weighted by molar-refractivity contribution is 6.03. The molecule has 3 amide bonds. The van der Waals surface area contributed by atoms with Crippen molar-refractivity contribution in [1.82, 2.24) is 10.2 Å². The zero-order valence-electron chi connectivity index (χ0n) is 16.9. The Morgan fingerprint density at radius 3 is 1.92 bits per heavy atom. The van der Waals surface area contributed by atoms with Crippen molar-refractivity contribution in [3.05, 3.63) is 0 Å². The van der Waals surface area contributed by atoms with Gasteiger partial charge in [-0.2, -0.15) is 0 Å². The number of nitrogens with zero attached hydrogens (tertiary/aromatic N) is 1. The van der Waals surface area contributed by atoms with Crippen molar-refractivity contribution in [2.24, 2.45) is 16.6 Å². The number of amides is 3. The summed E-state index contributed by atoms with van der Waals surface area (Å²) in [7, 11) is 0. The summed E-state index contributed by atoms with van der Waals surface area (Å²) in [6, 6.07) is 0. The van der Waals surface area contributed by atoms with E-state index in [9.17, 15) is 19.5 Å². The number of rotatable bonds is 8. The quantitative estimate of drug-likeness (QED) is 0.558. The molecule has 0 spiro atoms. The molecule has 0 unspecified atom stereocenters. The van der Waals surface area contributed by atoms with Crippen molar-refractivity contribution in [3.63, 3.8) is 0 Å². The van der Waals surface area contributed by atoms with E-state index in [1.807, 2.05) is 25.7 Å². The van der Waals surface area contributed by atoms with Gasteiger partial charge in [-0.1, -0.05) is 20.8 Å². The largest absolute Gasteiger partial charge is 0.388 e. The van der Waals surface area contributed by atoms with Gasteiger partial charge in [-0.05, 0) is 46.0 Å². The van der Waals surface area contributed by atoms with Gasteiger partial charge in [0.15, 0.2) is 0 Å². The average molecular weight is 370 g/mol. The van der Waals surface area contributed by atoms with Crippen LogP contribution in [0.5, 0.6) is 0 Å². The summed E-state index contributed by atoms with van der Waals surface area (Å²) < 4.78 is 0. The molecule has 0 atom stereocenters. The number of primary amides is 1. The lowest BCUT2D eigenvalue weighted by molar-refractivity contribution is -0.148. The lowest BCUT2D eigenvalue weighted by Gasteiger charge is -2.42. The third-order valence-electron chi connectivity index (χ3n) is 6.23. The number of hydrogen-bond acceptors (Lipinski definition) is 4. The summed E-state index contributed by atoms with van der Waals surface area (Å²) in [5.74, 6) is -1.05. The van der Waals surface area contributed by atoms with Crippen LogP contribution in [0.2, 0.25) is 0 Å². The average Bonchev–Trinajstić information content (AvgIpc) is 2.62. The van der Waals surface area contributed by atoms with Crippen molar-refractivity contribution < 1.29 is 19.5 Å². The smallest absolute Gasteiger partial charge is 0.235 e. The number of likely N-dealkylation sites (tertiary alicyclic amines) is 1. The second kappa shape index (κ2) is 8.37. The molecule has 7 heteroatoms. The molecule has 7 nitrogen and oxygen atoms in total. The molecule has 1 fully saturated rings. The molecule has 1 aliphatic rings. The van der Waals surface area contributed by atoms with Crippen LogP contribution < -0.4 is 11.1 Å². The van der Waals surface area contributed by atoms with E-state index < -0.39 is 22.8 Å². The Morgan fingerprint density at radius 1 is 1.08 bits per heavy atom. The Balaban J connectivity index is 2.66. The van der Waals surface area contributed by atoms with E-state index in [2.05, 4.69) is 5.32 Å². The lowest BCUT2D eigenvalue weighted by atomic mass is 9.77. The van der Waals surface area contributed by atoms with E-state index in [0.29, 0.717) is 25.9 Å². The Hall–Kier alpha value is -1.63. The van der Waals surface area contributed by atoms with Crippen LogP contribution in [0.4, 0.5) is 0 Å². The van der Waals surface area contributed by atoms with E-state index in [1.165, 1.54) is 13.8 Å². The Morgan fingerprint density at radius 2 is 1.54 bits per heavy atom. The van der Waals surface area contributed by atoms with Gasteiger partial charge in [0.2, 0.25) is 17.7 Å². The number of aliphatic hydroxyl groups is 1. The van der Waals surface area contributed by atoms with Gasteiger partial charge in [-0.15, -0.1) is 0 Å². The van der Waals surface area contributed by atoms with Crippen LogP contribution in [0.3, 0.4) is 0 Å². The maximum Gasteiger partial charge on any atom is 0.235 e. The minimum Gasteiger partial charge on any atom is -0.388 e. The number of carbonyl (C=O) groups excluding carboxylic acids is 3. The molecule has 0 aromatic heterocycles. The highest BCUT2D eigenvalue weighted by Gasteiger charge is 2.41. The summed E-state index contributed by atoms with van der Waals surface area (Å²) in [5, 5.41) is 13.4. The molecule has 0 radical (unpaired) electrons. The van der Waals surface area contributed by atoms with Crippen molar-refractivity contribution in [3.8, 4) is 0 Å². The SMILES string of the molecule is CCC(CC)(CC)C(=O)N1CCC(O)(CNC(=O)C(C)(C)C(N)=O)CC1. The monoisotopic (exact) mass is 369 g/mol. The van der Waals surface area contributed by atoms with Crippen LogP contribution in [0, 0.1) is 10.8 Å². The number of piperidine rings is 1. The summed E-state index contributed by atoms with van der Waals surface area (Å²) >= 11 is 0. The molecule has 0 saturated carbocycles. The van der Waals surface area contributed by atoms with E-state index in [4.69, 9.17) is 5.73 Å². The molecule has 1 saturated heterocycles. The first-order chi connectivity index (χ1) is 12.0. The van der Waals surface area contributed by atoms with E-state index >= 15 is 0 Å². The molecule has 4 N–H and O–H groups in total. The molecule has 1 rings (SSSR count). The van der Waals surface area contributed by atoms with Gasteiger partial charge in [-0.3, -0.25) is 14.4 Å².